The van der Waals surface area contributed by atoms with Crippen LogP contribution in [0.3, 0.4) is 0 Å². The van der Waals surface area contributed by atoms with Gasteiger partial charge in [-0.2, -0.15) is 10.2 Å². The van der Waals surface area contributed by atoms with Crippen molar-refractivity contribution in [2.45, 2.75) is 77.3 Å². The lowest BCUT2D eigenvalue weighted by atomic mass is 9.70. The van der Waals surface area contributed by atoms with Crippen LogP contribution in [0.4, 0.5) is 11.4 Å². The third kappa shape index (κ3) is 5.85. The minimum Gasteiger partial charge on any atom is -0.397 e. The number of nitrogens with zero attached hydrogens (tertiary/aromatic N) is 8. The lowest BCUT2D eigenvalue weighted by molar-refractivity contribution is 0.152. The topological polar surface area (TPSA) is 139 Å². The summed E-state index contributed by atoms with van der Waals surface area (Å²) < 4.78 is 4.03. The second-order valence-electron chi connectivity index (χ2n) is 12.0. The molecule has 2 aliphatic carbocycles. The Bertz CT molecular complexity index is 1210. The number of nitrogens with two attached hydrogens (primary N) is 2. The zero-order chi connectivity index (χ0) is 28.2. The highest BCUT2D eigenvalue weighted by molar-refractivity contribution is 5.47. The van der Waals surface area contributed by atoms with Gasteiger partial charge in [-0.1, -0.05) is 27.7 Å². The molecule has 8 atom stereocenters. The van der Waals surface area contributed by atoms with E-state index in [1.54, 1.807) is 25.0 Å². The van der Waals surface area contributed by atoms with Crippen LogP contribution in [0.2, 0.25) is 0 Å². The fraction of sp³-hybridized carbons (Fsp3) is 0.533. The molecule has 10 heteroatoms. The highest BCUT2D eigenvalue weighted by Crippen LogP contribution is 2.47. The Labute approximate surface area is 236 Å². The Balaban J connectivity index is 0.000000161. The van der Waals surface area contributed by atoms with E-state index in [2.05, 4.69) is 70.0 Å². The number of rotatable bonds is 4. The van der Waals surface area contributed by atoms with Crippen LogP contribution in [0.25, 0.3) is 0 Å². The summed E-state index contributed by atoms with van der Waals surface area (Å²) in [5, 5.41) is 8.65. The van der Waals surface area contributed by atoms with E-state index in [1.165, 1.54) is 11.1 Å². The van der Waals surface area contributed by atoms with Crippen LogP contribution in [-0.2, 0) is 0 Å². The second-order valence-corrected chi connectivity index (χ2v) is 12.0. The summed E-state index contributed by atoms with van der Waals surface area (Å²) in [6.45, 7) is 9.19. The largest absolute Gasteiger partial charge is 0.397 e. The molecule has 0 bridgehead atoms. The Morgan fingerprint density at radius 2 is 0.975 bits per heavy atom. The van der Waals surface area contributed by atoms with Crippen LogP contribution < -0.4 is 11.5 Å². The van der Waals surface area contributed by atoms with Gasteiger partial charge >= 0.3 is 0 Å². The molecule has 2 saturated carbocycles. The van der Waals surface area contributed by atoms with Gasteiger partial charge in [0, 0.05) is 12.4 Å². The lowest BCUT2D eigenvalue weighted by Crippen LogP contribution is -2.32. The fourth-order valence-corrected chi connectivity index (χ4v) is 7.54. The number of pyridine rings is 2. The van der Waals surface area contributed by atoms with Crippen molar-refractivity contribution >= 4 is 11.4 Å². The van der Waals surface area contributed by atoms with E-state index in [0.29, 0.717) is 47.6 Å². The summed E-state index contributed by atoms with van der Waals surface area (Å²) >= 11 is 0. The van der Waals surface area contributed by atoms with E-state index < -0.39 is 0 Å². The number of anilines is 2. The first-order valence-electron chi connectivity index (χ1n) is 14.4. The molecule has 40 heavy (non-hydrogen) atoms. The molecule has 0 spiro atoms. The first kappa shape index (κ1) is 27.7. The van der Waals surface area contributed by atoms with E-state index in [-0.39, 0.29) is 0 Å². The molecule has 2 aliphatic rings. The van der Waals surface area contributed by atoms with Crippen molar-refractivity contribution in [2.75, 3.05) is 11.5 Å². The average Bonchev–Trinajstić information content (AvgIpc) is 3.64. The van der Waals surface area contributed by atoms with Crippen LogP contribution in [0, 0.1) is 23.7 Å². The summed E-state index contributed by atoms with van der Waals surface area (Å²) in [4.78, 5) is 16.3. The second kappa shape index (κ2) is 12.1. The number of hydrogen-bond donors (Lipinski definition) is 2. The molecule has 4 N–H and O–H groups in total. The molecule has 0 amide bonds. The Hall–Kier alpha value is -3.82. The van der Waals surface area contributed by atoms with Crippen molar-refractivity contribution in [3.05, 3.63) is 73.4 Å². The van der Waals surface area contributed by atoms with E-state index in [1.807, 2.05) is 34.4 Å². The molecule has 4 aromatic heterocycles. The van der Waals surface area contributed by atoms with Crippen LogP contribution in [0.15, 0.2) is 62.2 Å². The maximum atomic E-state index is 6.08. The molecular formula is C30H42N10. The molecule has 0 radical (unpaired) electrons. The van der Waals surface area contributed by atoms with Gasteiger partial charge in [0.15, 0.2) is 0 Å². The molecule has 4 aromatic rings. The van der Waals surface area contributed by atoms with Gasteiger partial charge in [0.2, 0.25) is 0 Å². The SMILES string of the molecule is C[C@@H]1CC(c2ccncc2N)C[C@H](C)C1n1cncn1.C[C@@H]1CC(c2ccncc2N)C[C@H](C)C1n1cncn1. The molecule has 2 fully saturated rings. The number of hydrogen-bond acceptors (Lipinski definition) is 8. The minimum absolute atomic E-state index is 0.428. The first-order valence-corrected chi connectivity index (χ1v) is 14.4. The molecule has 0 aromatic carbocycles. The molecule has 10 nitrogen and oxygen atoms in total. The highest BCUT2D eigenvalue weighted by Gasteiger charge is 2.37. The van der Waals surface area contributed by atoms with Crippen molar-refractivity contribution in [3.8, 4) is 0 Å². The van der Waals surface area contributed by atoms with Crippen LogP contribution >= 0.6 is 0 Å². The minimum atomic E-state index is 0.428. The van der Waals surface area contributed by atoms with Gasteiger partial charge in [0.25, 0.3) is 0 Å². The standard InChI is InChI=1S/2C15H21N5/c2*1-10-5-12(13-3-4-17-7-14(13)16)6-11(2)15(10)20-9-18-8-19-20/h2*3-4,7-12,15H,5-6,16H2,1-2H3/t2*10-,11+,12?,15?. The fourth-order valence-electron chi connectivity index (χ4n) is 7.54. The van der Waals surface area contributed by atoms with E-state index in [4.69, 9.17) is 11.5 Å². The summed E-state index contributed by atoms with van der Waals surface area (Å²) in [6.07, 6.45) is 18.6. The molecule has 212 valence electrons. The quantitative estimate of drug-likeness (QED) is 0.354. The Morgan fingerprint density at radius 3 is 1.27 bits per heavy atom. The van der Waals surface area contributed by atoms with Crippen LogP contribution in [-0.4, -0.2) is 39.5 Å². The Morgan fingerprint density at radius 1 is 0.600 bits per heavy atom. The summed E-state index contributed by atoms with van der Waals surface area (Å²) in [6, 6.07) is 4.98. The normalized spacial score (nSPS) is 30.3. The highest BCUT2D eigenvalue weighted by atomic mass is 15.3. The maximum Gasteiger partial charge on any atom is 0.137 e. The predicted octanol–water partition coefficient (Wildman–Crippen LogP) is 5.29. The van der Waals surface area contributed by atoms with Crippen molar-refractivity contribution in [1.29, 1.82) is 0 Å². The van der Waals surface area contributed by atoms with Crippen LogP contribution in [0.5, 0.6) is 0 Å². The van der Waals surface area contributed by atoms with Gasteiger partial charge in [-0.25, -0.2) is 19.3 Å². The molecule has 6 rings (SSSR count). The van der Waals surface area contributed by atoms with E-state index in [0.717, 1.165) is 37.1 Å². The number of nitrogen functional groups attached to an aromatic ring is 2. The molecule has 0 saturated heterocycles. The zero-order valence-electron chi connectivity index (χ0n) is 24.0. The van der Waals surface area contributed by atoms with Crippen molar-refractivity contribution < 1.29 is 0 Å². The van der Waals surface area contributed by atoms with Crippen LogP contribution in [0.1, 0.15) is 88.4 Å². The smallest absolute Gasteiger partial charge is 0.137 e. The zero-order valence-corrected chi connectivity index (χ0v) is 24.0. The Kier molecular flexibility index (Phi) is 8.42. The molecule has 0 aliphatic heterocycles. The van der Waals surface area contributed by atoms with E-state index >= 15 is 0 Å². The van der Waals surface area contributed by atoms with Crippen molar-refractivity contribution in [1.82, 2.24) is 39.5 Å². The van der Waals surface area contributed by atoms with Crippen molar-refractivity contribution in [2.24, 2.45) is 23.7 Å². The number of aromatic nitrogens is 8. The predicted molar refractivity (Wildman–Crippen MR) is 156 cm³/mol. The van der Waals surface area contributed by atoms with Gasteiger partial charge < -0.3 is 11.5 Å². The van der Waals surface area contributed by atoms with Gasteiger partial charge in [-0.15, -0.1) is 0 Å². The van der Waals surface area contributed by atoms with Gasteiger partial charge in [0.1, 0.15) is 25.3 Å². The third-order valence-electron chi connectivity index (χ3n) is 9.10. The lowest BCUT2D eigenvalue weighted by Gasteiger charge is -2.39. The molecule has 4 unspecified atom stereocenters. The third-order valence-corrected chi connectivity index (χ3v) is 9.10. The van der Waals surface area contributed by atoms with Gasteiger partial charge in [-0.05, 0) is 84.5 Å². The van der Waals surface area contributed by atoms with E-state index in [9.17, 15) is 0 Å². The first-order chi connectivity index (χ1) is 19.3. The van der Waals surface area contributed by atoms with Crippen molar-refractivity contribution in [3.63, 3.8) is 0 Å². The molecular weight excluding hydrogens is 500 g/mol. The average molecular weight is 543 g/mol. The summed E-state index contributed by atoms with van der Waals surface area (Å²) in [5.74, 6) is 3.25. The monoisotopic (exact) mass is 542 g/mol. The maximum absolute atomic E-state index is 6.08. The molecule has 4 heterocycles. The summed E-state index contributed by atoms with van der Waals surface area (Å²) in [5.41, 5.74) is 16.3. The van der Waals surface area contributed by atoms with Gasteiger partial charge in [0.05, 0.1) is 35.9 Å². The summed E-state index contributed by atoms with van der Waals surface area (Å²) in [7, 11) is 0. The van der Waals surface area contributed by atoms with Gasteiger partial charge in [-0.3, -0.25) is 9.97 Å².